The average molecular weight is 173 g/mol. The van der Waals surface area contributed by atoms with E-state index in [2.05, 4.69) is 26.1 Å². The van der Waals surface area contributed by atoms with Gasteiger partial charge in [0, 0.05) is 6.04 Å². The van der Waals surface area contributed by atoms with Crippen molar-refractivity contribution < 1.29 is 5.11 Å². The Hall–Kier alpha value is -0.0800. The predicted octanol–water partition coefficient (Wildman–Crippen LogP) is 1.78. The maximum Gasteiger partial charge on any atom is 0.0584 e. The highest BCUT2D eigenvalue weighted by molar-refractivity contribution is 4.66. The molecule has 2 nitrogen and oxygen atoms in total. The van der Waals surface area contributed by atoms with Crippen molar-refractivity contribution in [2.45, 2.75) is 46.1 Å². The maximum absolute atomic E-state index is 9.01. The molecule has 0 rings (SSSR count). The molecule has 0 aromatic carbocycles. The second-order valence-electron chi connectivity index (χ2n) is 3.82. The molecular formula is C10H23NO. The summed E-state index contributed by atoms with van der Waals surface area (Å²) in [7, 11) is 0. The Morgan fingerprint density at radius 2 is 2.00 bits per heavy atom. The van der Waals surface area contributed by atoms with Crippen LogP contribution in [0.5, 0.6) is 0 Å². The summed E-state index contributed by atoms with van der Waals surface area (Å²) in [4.78, 5) is 0. The number of unbranched alkanes of at least 4 members (excludes halogenated alkanes) is 1. The SMILES string of the molecule is CCCCNC(CO)CC(C)C. The largest absolute Gasteiger partial charge is 0.395 e. The van der Waals surface area contributed by atoms with Gasteiger partial charge in [-0.3, -0.25) is 0 Å². The quantitative estimate of drug-likeness (QED) is 0.575. The van der Waals surface area contributed by atoms with Crippen LogP contribution in [0.1, 0.15) is 40.0 Å². The number of hydrogen-bond donors (Lipinski definition) is 2. The van der Waals surface area contributed by atoms with Crippen molar-refractivity contribution in [3.63, 3.8) is 0 Å². The van der Waals surface area contributed by atoms with Crippen LogP contribution in [0.15, 0.2) is 0 Å². The third kappa shape index (κ3) is 6.62. The van der Waals surface area contributed by atoms with Gasteiger partial charge in [-0.25, -0.2) is 0 Å². The zero-order chi connectivity index (χ0) is 9.40. The van der Waals surface area contributed by atoms with E-state index in [0.29, 0.717) is 12.0 Å². The van der Waals surface area contributed by atoms with E-state index in [1.807, 2.05) is 0 Å². The summed E-state index contributed by atoms with van der Waals surface area (Å²) in [6, 6.07) is 0.302. The van der Waals surface area contributed by atoms with E-state index in [1.54, 1.807) is 0 Å². The molecule has 0 bridgehead atoms. The minimum absolute atomic E-state index is 0.266. The molecule has 0 amide bonds. The second kappa shape index (κ2) is 7.56. The van der Waals surface area contributed by atoms with Gasteiger partial charge in [0.1, 0.15) is 0 Å². The second-order valence-corrected chi connectivity index (χ2v) is 3.82. The summed E-state index contributed by atoms with van der Waals surface area (Å²) in [5, 5.41) is 12.4. The van der Waals surface area contributed by atoms with E-state index in [9.17, 15) is 0 Å². The van der Waals surface area contributed by atoms with Crippen LogP contribution < -0.4 is 5.32 Å². The molecule has 0 aromatic heterocycles. The molecule has 0 fully saturated rings. The zero-order valence-electron chi connectivity index (χ0n) is 8.64. The first-order valence-electron chi connectivity index (χ1n) is 5.05. The van der Waals surface area contributed by atoms with Crippen molar-refractivity contribution in [2.75, 3.05) is 13.2 Å². The standard InChI is InChI=1S/C10H23NO/c1-4-5-6-11-10(8-12)7-9(2)3/h9-12H,4-8H2,1-3H3. The van der Waals surface area contributed by atoms with Gasteiger partial charge < -0.3 is 10.4 Å². The molecule has 0 aliphatic rings. The Labute approximate surface area is 76.4 Å². The van der Waals surface area contributed by atoms with Gasteiger partial charge in [0.25, 0.3) is 0 Å². The van der Waals surface area contributed by atoms with Gasteiger partial charge in [-0.05, 0) is 25.3 Å². The molecule has 0 heterocycles. The van der Waals surface area contributed by atoms with Gasteiger partial charge in [-0.15, -0.1) is 0 Å². The first-order chi connectivity index (χ1) is 5.70. The third-order valence-electron chi connectivity index (χ3n) is 1.94. The van der Waals surface area contributed by atoms with E-state index in [4.69, 9.17) is 5.11 Å². The Bertz CT molecular complexity index is 93.8. The van der Waals surface area contributed by atoms with E-state index in [-0.39, 0.29) is 6.61 Å². The van der Waals surface area contributed by atoms with Crippen molar-refractivity contribution in [1.29, 1.82) is 0 Å². The van der Waals surface area contributed by atoms with Gasteiger partial charge in [0.2, 0.25) is 0 Å². The smallest absolute Gasteiger partial charge is 0.0584 e. The van der Waals surface area contributed by atoms with E-state index in [1.165, 1.54) is 12.8 Å². The van der Waals surface area contributed by atoms with Gasteiger partial charge in [-0.1, -0.05) is 27.2 Å². The van der Waals surface area contributed by atoms with Crippen LogP contribution in [-0.4, -0.2) is 24.3 Å². The summed E-state index contributed by atoms with van der Waals surface area (Å²) in [6.07, 6.45) is 3.49. The highest BCUT2D eigenvalue weighted by Crippen LogP contribution is 2.03. The summed E-state index contributed by atoms with van der Waals surface area (Å²) in [6.45, 7) is 7.85. The number of hydrogen-bond acceptors (Lipinski definition) is 2. The Balaban J connectivity index is 3.39. The first-order valence-corrected chi connectivity index (χ1v) is 5.05. The summed E-state index contributed by atoms with van der Waals surface area (Å²) in [5.41, 5.74) is 0. The molecule has 74 valence electrons. The van der Waals surface area contributed by atoms with Crippen molar-refractivity contribution in [3.05, 3.63) is 0 Å². The van der Waals surface area contributed by atoms with Crippen molar-refractivity contribution in [2.24, 2.45) is 5.92 Å². The van der Waals surface area contributed by atoms with E-state index in [0.717, 1.165) is 13.0 Å². The molecule has 0 saturated heterocycles. The number of nitrogens with one attached hydrogen (secondary N) is 1. The van der Waals surface area contributed by atoms with Crippen LogP contribution in [0.4, 0.5) is 0 Å². The van der Waals surface area contributed by atoms with Crippen LogP contribution in [0.2, 0.25) is 0 Å². The maximum atomic E-state index is 9.01. The monoisotopic (exact) mass is 173 g/mol. The summed E-state index contributed by atoms with van der Waals surface area (Å²) < 4.78 is 0. The molecule has 0 aliphatic carbocycles. The molecule has 2 heteroatoms. The number of rotatable bonds is 7. The number of aliphatic hydroxyl groups excluding tert-OH is 1. The Morgan fingerprint density at radius 3 is 2.42 bits per heavy atom. The van der Waals surface area contributed by atoms with Crippen LogP contribution in [0.3, 0.4) is 0 Å². The number of aliphatic hydroxyl groups is 1. The van der Waals surface area contributed by atoms with Crippen molar-refractivity contribution in [1.82, 2.24) is 5.32 Å². The lowest BCUT2D eigenvalue weighted by atomic mass is 10.0. The molecule has 2 N–H and O–H groups in total. The minimum atomic E-state index is 0.266. The van der Waals surface area contributed by atoms with Gasteiger partial charge in [-0.2, -0.15) is 0 Å². The topological polar surface area (TPSA) is 32.3 Å². The lowest BCUT2D eigenvalue weighted by Crippen LogP contribution is -2.34. The Kier molecular flexibility index (Phi) is 7.51. The van der Waals surface area contributed by atoms with Crippen molar-refractivity contribution >= 4 is 0 Å². The van der Waals surface area contributed by atoms with Crippen LogP contribution >= 0.6 is 0 Å². The van der Waals surface area contributed by atoms with E-state index >= 15 is 0 Å². The summed E-state index contributed by atoms with van der Waals surface area (Å²) >= 11 is 0. The fraction of sp³-hybridized carbons (Fsp3) is 1.00. The molecule has 1 atom stereocenters. The molecule has 12 heavy (non-hydrogen) atoms. The highest BCUT2D eigenvalue weighted by Gasteiger charge is 2.07. The van der Waals surface area contributed by atoms with Crippen LogP contribution in [0, 0.1) is 5.92 Å². The summed E-state index contributed by atoms with van der Waals surface area (Å²) in [5.74, 6) is 0.663. The van der Waals surface area contributed by atoms with Crippen LogP contribution in [0.25, 0.3) is 0 Å². The molecule has 0 aromatic rings. The lowest BCUT2D eigenvalue weighted by molar-refractivity contribution is 0.224. The van der Waals surface area contributed by atoms with Gasteiger partial charge >= 0.3 is 0 Å². The molecule has 0 radical (unpaired) electrons. The fourth-order valence-electron chi connectivity index (χ4n) is 1.27. The molecule has 0 spiro atoms. The zero-order valence-corrected chi connectivity index (χ0v) is 8.64. The molecule has 0 saturated carbocycles. The molecule has 1 unspecified atom stereocenters. The molecule has 0 aliphatic heterocycles. The van der Waals surface area contributed by atoms with Gasteiger partial charge in [0.05, 0.1) is 6.61 Å². The molecular weight excluding hydrogens is 150 g/mol. The lowest BCUT2D eigenvalue weighted by Gasteiger charge is -2.17. The normalized spacial score (nSPS) is 13.8. The minimum Gasteiger partial charge on any atom is -0.395 e. The van der Waals surface area contributed by atoms with Crippen molar-refractivity contribution in [3.8, 4) is 0 Å². The predicted molar refractivity (Wildman–Crippen MR) is 53.2 cm³/mol. The van der Waals surface area contributed by atoms with Gasteiger partial charge in [0.15, 0.2) is 0 Å². The van der Waals surface area contributed by atoms with Crippen LogP contribution in [-0.2, 0) is 0 Å². The third-order valence-corrected chi connectivity index (χ3v) is 1.94. The van der Waals surface area contributed by atoms with E-state index < -0.39 is 0 Å². The highest BCUT2D eigenvalue weighted by atomic mass is 16.3. The fourth-order valence-corrected chi connectivity index (χ4v) is 1.27. The Morgan fingerprint density at radius 1 is 1.33 bits per heavy atom. The first kappa shape index (κ1) is 11.9. The average Bonchev–Trinajstić information content (AvgIpc) is 2.02.